The van der Waals surface area contributed by atoms with Gasteiger partial charge < -0.3 is 9.64 Å². The second kappa shape index (κ2) is 17.9. The number of allylic oxidation sites excluding steroid dienone is 4. The van der Waals surface area contributed by atoms with Crippen LogP contribution < -0.4 is 0 Å². The summed E-state index contributed by atoms with van der Waals surface area (Å²) >= 11 is 0. The van der Waals surface area contributed by atoms with Crippen molar-refractivity contribution >= 4 is 0 Å². The standard InChI is InChI=1S/C28H52N2O/c1-3-4-5-6-7-8-9-10-11-12-13-14-15-16-17-18-25-31-28-21-24-30(26-28)27-19-22-29(2)23-20-27/h7-8,10-11,27-28H,3-6,9,12-26H2,1-2H3/b8-7-,11-10-/t28-/m0/s1. The van der Waals surface area contributed by atoms with E-state index >= 15 is 0 Å². The summed E-state index contributed by atoms with van der Waals surface area (Å²) in [6.07, 6.45) is 29.5. The molecule has 3 heteroatoms. The largest absolute Gasteiger partial charge is 0.377 e. The van der Waals surface area contributed by atoms with Crippen LogP contribution in [0.4, 0.5) is 0 Å². The number of rotatable bonds is 17. The van der Waals surface area contributed by atoms with Gasteiger partial charge in [-0.1, -0.05) is 69.8 Å². The molecule has 0 saturated carbocycles. The van der Waals surface area contributed by atoms with Crippen molar-refractivity contribution in [3.63, 3.8) is 0 Å². The van der Waals surface area contributed by atoms with Crippen LogP contribution in [0.25, 0.3) is 0 Å². The Balaban J connectivity index is 1.32. The number of nitrogens with zero attached hydrogens (tertiary/aromatic N) is 2. The molecule has 0 bridgehead atoms. The van der Waals surface area contributed by atoms with Gasteiger partial charge >= 0.3 is 0 Å². The van der Waals surface area contributed by atoms with E-state index in [2.05, 4.69) is 48.1 Å². The van der Waals surface area contributed by atoms with Crippen LogP contribution >= 0.6 is 0 Å². The minimum absolute atomic E-state index is 0.498. The third-order valence-corrected chi connectivity index (χ3v) is 7.08. The summed E-state index contributed by atoms with van der Waals surface area (Å²) in [5.41, 5.74) is 0. The second-order valence-corrected chi connectivity index (χ2v) is 9.90. The molecule has 31 heavy (non-hydrogen) atoms. The summed E-state index contributed by atoms with van der Waals surface area (Å²) in [5, 5.41) is 0. The minimum Gasteiger partial charge on any atom is -0.377 e. The van der Waals surface area contributed by atoms with Crippen molar-refractivity contribution in [2.45, 2.75) is 115 Å². The van der Waals surface area contributed by atoms with Crippen molar-refractivity contribution in [2.75, 3.05) is 39.8 Å². The first-order valence-electron chi connectivity index (χ1n) is 13.6. The van der Waals surface area contributed by atoms with Crippen LogP contribution in [0, 0.1) is 0 Å². The lowest BCUT2D eigenvalue weighted by Gasteiger charge is -2.35. The van der Waals surface area contributed by atoms with Crippen molar-refractivity contribution < 1.29 is 4.74 Å². The Hall–Kier alpha value is -0.640. The minimum atomic E-state index is 0.498. The van der Waals surface area contributed by atoms with Gasteiger partial charge in [-0.15, -0.1) is 0 Å². The van der Waals surface area contributed by atoms with E-state index in [9.17, 15) is 0 Å². The molecule has 2 rings (SSSR count). The normalized spacial score (nSPS) is 21.8. The zero-order valence-electron chi connectivity index (χ0n) is 20.9. The topological polar surface area (TPSA) is 15.7 Å². The molecular weight excluding hydrogens is 380 g/mol. The van der Waals surface area contributed by atoms with Gasteiger partial charge in [0.15, 0.2) is 0 Å². The lowest BCUT2D eigenvalue weighted by Crippen LogP contribution is -2.43. The van der Waals surface area contributed by atoms with Crippen molar-refractivity contribution in [1.82, 2.24) is 9.80 Å². The van der Waals surface area contributed by atoms with Crippen molar-refractivity contribution in [1.29, 1.82) is 0 Å². The third-order valence-electron chi connectivity index (χ3n) is 7.08. The second-order valence-electron chi connectivity index (χ2n) is 9.90. The van der Waals surface area contributed by atoms with E-state index in [0.717, 1.165) is 19.1 Å². The average Bonchev–Trinajstić information content (AvgIpc) is 3.25. The highest BCUT2D eigenvalue weighted by Gasteiger charge is 2.30. The average molecular weight is 433 g/mol. The molecular formula is C28H52N2O. The van der Waals surface area contributed by atoms with E-state index in [1.807, 2.05) is 0 Å². The molecule has 0 radical (unpaired) electrons. The van der Waals surface area contributed by atoms with E-state index in [1.165, 1.54) is 116 Å². The quantitative estimate of drug-likeness (QED) is 0.182. The van der Waals surface area contributed by atoms with Crippen LogP contribution in [0.1, 0.15) is 103 Å². The highest BCUT2D eigenvalue weighted by Crippen LogP contribution is 2.22. The number of ether oxygens (including phenoxy) is 1. The van der Waals surface area contributed by atoms with Gasteiger partial charge in [0, 0.05) is 25.7 Å². The molecule has 0 aromatic heterocycles. The van der Waals surface area contributed by atoms with Gasteiger partial charge in [-0.05, 0) is 77.9 Å². The fourth-order valence-corrected chi connectivity index (χ4v) is 4.92. The predicted molar refractivity (Wildman–Crippen MR) is 136 cm³/mol. The van der Waals surface area contributed by atoms with Crippen LogP contribution in [-0.2, 0) is 4.74 Å². The lowest BCUT2D eigenvalue weighted by molar-refractivity contribution is 0.0479. The Morgan fingerprint density at radius 2 is 1.39 bits per heavy atom. The number of hydrogen-bond acceptors (Lipinski definition) is 3. The predicted octanol–water partition coefficient (Wildman–Crippen LogP) is 6.99. The summed E-state index contributed by atoms with van der Waals surface area (Å²) in [4.78, 5) is 5.17. The van der Waals surface area contributed by atoms with Gasteiger partial charge in [0.1, 0.15) is 0 Å². The first-order chi connectivity index (χ1) is 15.3. The number of hydrogen-bond donors (Lipinski definition) is 0. The molecule has 2 saturated heterocycles. The van der Waals surface area contributed by atoms with Gasteiger partial charge in [0.05, 0.1) is 6.10 Å². The summed E-state index contributed by atoms with van der Waals surface area (Å²) in [6.45, 7) is 8.20. The molecule has 0 aromatic rings. The summed E-state index contributed by atoms with van der Waals surface area (Å²) in [7, 11) is 2.25. The number of unbranched alkanes of at least 4 members (excludes halogenated alkanes) is 9. The Morgan fingerprint density at radius 1 is 0.742 bits per heavy atom. The molecule has 2 aliphatic heterocycles. The van der Waals surface area contributed by atoms with E-state index in [-0.39, 0.29) is 0 Å². The maximum Gasteiger partial charge on any atom is 0.0714 e. The Morgan fingerprint density at radius 3 is 2.10 bits per heavy atom. The molecule has 0 aromatic carbocycles. The van der Waals surface area contributed by atoms with Crippen LogP contribution in [0.2, 0.25) is 0 Å². The van der Waals surface area contributed by atoms with Gasteiger partial charge in [-0.2, -0.15) is 0 Å². The first-order valence-corrected chi connectivity index (χ1v) is 13.6. The molecule has 0 N–H and O–H groups in total. The molecule has 3 nitrogen and oxygen atoms in total. The Kier molecular flexibility index (Phi) is 15.3. The lowest BCUT2D eigenvalue weighted by atomic mass is 10.0. The highest BCUT2D eigenvalue weighted by atomic mass is 16.5. The van der Waals surface area contributed by atoms with Crippen LogP contribution in [0.5, 0.6) is 0 Å². The molecule has 0 amide bonds. The van der Waals surface area contributed by atoms with Crippen LogP contribution in [0.15, 0.2) is 24.3 Å². The SMILES string of the molecule is CCCCC/C=C\C/C=C\CCCCCCCCO[C@H]1CCN(C2CCN(C)CC2)C1. The maximum atomic E-state index is 6.20. The van der Waals surface area contributed by atoms with Crippen LogP contribution in [-0.4, -0.2) is 61.8 Å². The Bertz CT molecular complexity index is 468. The summed E-state index contributed by atoms with van der Waals surface area (Å²) in [6, 6.07) is 0.812. The molecule has 0 spiro atoms. The first kappa shape index (κ1) is 26.6. The smallest absolute Gasteiger partial charge is 0.0714 e. The van der Waals surface area contributed by atoms with E-state index in [0.29, 0.717) is 6.10 Å². The third kappa shape index (κ3) is 12.8. The maximum absolute atomic E-state index is 6.20. The van der Waals surface area contributed by atoms with Crippen LogP contribution in [0.3, 0.4) is 0 Å². The van der Waals surface area contributed by atoms with Crippen molar-refractivity contribution in [3.8, 4) is 0 Å². The molecule has 2 fully saturated rings. The molecule has 0 aliphatic carbocycles. The summed E-state index contributed by atoms with van der Waals surface area (Å²) in [5.74, 6) is 0. The van der Waals surface area contributed by atoms with Crippen molar-refractivity contribution in [3.05, 3.63) is 24.3 Å². The Labute approximate surface area is 194 Å². The zero-order chi connectivity index (χ0) is 22.0. The summed E-state index contributed by atoms with van der Waals surface area (Å²) < 4.78 is 6.20. The van der Waals surface area contributed by atoms with E-state index in [1.54, 1.807) is 0 Å². The molecule has 180 valence electrons. The molecule has 2 aliphatic rings. The monoisotopic (exact) mass is 432 g/mol. The van der Waals surface area contributed by atoms with Gasteiger partial charge in [-0.3, -0.25) is 4.90 Å². The number of likely N-dealkylation sites (tertiary alicyclic amines) is 2. The fraction of sp³-hybridized carbons (Fsp3) is 0.857. The highest BCUT2D eigenvalue weighted by molar-refractivity contribution is 4.92. The van der Waals surface area contributed by atoms with Gasteiger partial charge in [-0.25, -0.2) is 0 Å². The van der Waals surface area contributed by atoms with E-state index < -0.39 is 0 Å². The van der Waals surface area contributed by atoms with E-state index in [4.69, 9.17) is 4.74 Å². The van der Waals surface area contributed by atoms with Gasteiger partial charge in [0.25, 0.3) is 0 Å². The zero-order valence-corrected chi connectivity index (χ0v) is 20.9. The molecule has 0 unspecified atom stereocenters. The molecule has 2 heterocycles. The molecule has 1 atom stereocenters. The fourth-order valence-electron chi connectivity index (χ4n) is 4.92. The number of piperidine rings is 1. The van der Waals surface area contributed by atoms with Gasteiger partial charge in [0.2, 0.25) is 0 Å². The van der Waals surface area contributed by atoms with Crippen molar-refractivity contribution in [2.24, 2.45) is 0 Å².